The fourth-order valence-corrected chi connectivity index (χ4v) is 2.76. The second-order valence-corrected chi connectivity index (χ2v) is 5.64. The van der Waals surface area contributed by atoms with Crippen LogP contribution in [-0.2, 0) is 21.3 Å². The van der Waals surface area contributed by atoms with Gasteiger partial charge in [-0.3, -0.25) is 9.00 Å². The van der Waals surface area contributed by atoms with Crippen molar-refractivity contribution in [1.29, 1.82) is 0 Å². The summed E-state index contributed by atoms with van der Waals surface area (Å²) in [4.78, 5) is 11.3. The van der Waals surface area contributed by atoms with Gasteiger partial charge in [0, 0.05) is 27.9 Å². The van der Waals surface area contributed by atoms with Crippen LogP contribution in [0.15, 0.2) is 18.2 Å². The van der Waals surface area contributed by atoms with Crippen LogP contribution >= 0.6 is 11.6 Å². The smallest absolute Gasteiger partial charge is 0.232 e. The molecule has 0 bridgehead atoms. The van der Waals surface area contributed by atoms with Crippen LogP contribution < -0.4 is 5.32 Å². The summed E-state index contributed by atoms with van der Waals surface area (Å²) in [6, 6.07) is 4.28. The topological polar surface area (TPSA) is 46.2 Å². The van der Waals surface area contributed by atoms with Gasteiger partial charge in [0.15, 0.2) is 0 Å². The second kappa shape index (κ2) is 7.48. The first-order chi connectivity index (χ1) is 8.54. The molecule has 0 aliphatic heterocycles. The lowest BCUT2D eigenvalue weighted by atomic mass is 10.2. The first-order valence-corrected chi connectivity index (χ1v) is 7.45. The number of benzene rings is 1. The van der Waals surface area contributed by atoms with E-state index in [1.165, 1.54) is 18.2 Å². The molecule has 0 radical (unpaired) electrons. The summed E-state index contributed by atoms with van der Waals surface area (Å²) in [5, 5.41) is 2.85. The second-order valence-electron chi connectivity index (χ2n) is 3.78. The Hall–Kier alpha value is -0.940. The summed E-state index contributed by atoms with van der Waals surface area (Å²) in [5.74, 6) is -0.970. The maximum atomic E-state index is 13.4. The van der Waals surface area contributed by atoms with Gasteiger partial charge in [0.25, 0.3) is 0 Å². The summed E-state index contributed by atoms with van der Waals surface area (Å²) in [5.41, 5.74) is 0.195. The maximum absolute atomic E-state index is 13.4. The first kappa shape index (κ1) is 15.1. The SMILES string of the molecule is CCCNC(=O)C[S@](=O)Cc1c(F)cccc1Cl. The van der Waals surface area contributed by atoms with Crippen molar-refractivity contribution in [3.05, 3.63) is 34.6 Å². The summed E-state index contributed by atoms with van der Waals surface area (Å²) in [7, 11) is -1.46. The molecule has 0 fully saturated rings. The number of amides is 1. The highest BCUT2D eigenvalue weighted by Crippen LogP contribution is 2.20. The van der Waals surface area contributed by atoms with Gasteiger partial charge in [-0.1, -0.05) is 24.6 Å². The Morgan fingerprint density at radius 3 is 2.83 bits per heavy atom. The number of hydrogen-bond donors (Lipinski definition) is 1. The van der Waals surface area contributed by atoms with E-state index in [-0.39, 0.29) is 28.0 Å². The summed E-state index contributed by atoms with van der Waals surface area (Å²) >= 11 is 5.82. The van der Waals surface area contributed by atoms with Crippen molar-refractivity contribution in [1.82, 2.24) is 5.32 Å². The predicted molar refractivity (Wildman–Crippen MR) is 71.4 cm³/mol. The molecule has 1 N–H and O–H groups in total. The van der Waals surface area contributed by atoms with Crippen LogP contribution in [0.1, 0.15) is 18.9 Å². The lowest BCUT2D eigenvalue weighted by molar-refractivity contribution is -0.118. The highest BCUT2D eigenvalue weighted by atomic mass is 35.5. The number of halogens is 2. The molecule has 1 aromatic rings. The monoisotopic (exact) mass is 291 g/mol. The van der Waals surface area contributed by atoms with Gasteiger partial charge in [-0.05, 0) is 18.6 Å². The van der Waals surface area contributed by atoms with Crippen LogP contribution in [0, 0.1) is 5.82 Å². The normalized spacial score (nSPS) is 12.2. The molecule has 18 heavy (non-hydrogen) atoms. The Kier molecular flexibility index (Phi) is 6.29. The maximum Gasteiger partial charge on any atom is 0.232 e. The first-order valence-electron chi connectivity index (χ1n) is 5.59. The molecule has 100 valence electrons. The van der Waals surface area contributed by atoms with E-state index in [2.05, 4.69) is 5.32 Å². The van der Waals surface area contributed by atoms with Crippen molar-refractivity contribution in [2.45, 2.75) is 19.1 Å². The molecule has 1 amide bonds. The molecule has 0 aromatic heterocycles. The molecule has 0 saturated heterocycles. The third-order valence-corrected chi connectivity index (χ3v) is 3.78. The van der Waals surface area contributed by atoms with Gasteiger partial charge < -0.3 is 5.32 Å². The zero-order valence-corrected chi connectivity index (χ0v) is 11.6. The molecule has 0 heterocycles. The quantitative estimate of drug-likeness (QED) is 0.874. The number of nitrogens with one attached hydrogen (secondary N) is 1. The van der Waals surface area contributed by atoms with Gasteiger partial charge in [-0.15, -0.1) is 0 Å². The van der Waals surface area contributed by atoms with Crippen LogP contribution in [0.3, 0.4) is 0 Å². The third kappa shape index (κ3) is 4.74. The molecule has 1 atom stereocenters. The highest BCUT2D eigenvalue weighted by molar-refractivity contribution is 7.84. The molecule has 0 spiro atoms. The Morgan fingerprint density at radius 2 is 2.22 bits per heavy atom. The van der Waals surface area contributed by atoms with E-state index >= 15 is 0 Å². The van der Waals surface area contributed by atoms with E-state index in [0.29, 0.717) is 6.54 Å². The van der Waals surface area contributed by atoms with E-state index in [0.717, 1.165) is 6.42 Å². The van der Waals surface area contributed by atoms with Crippen LogP contribution in [0.5, 0.6) is 0 Å². The van der Waals surface area contributed by atoms with Crippen LogP contribution in [0.2, 0.25) is 5.02 Å². The molecule has 1 aromatic carbocycles. The van der Waals surface area contributed by atoms with Crippen molar-refractivity contribution < 1.29 is 13.4 Å². The van der Waals surface area contributed by atoms with Gasteiger partial charge in [0.2, 0.25) is 5.91 Å². The van der Waals surface area contributed by atoms with Crippen molar-refractivity contribution >= 4 is 28.3 Å². The molecule has 0 saturated carbocycles. The third-order valence-electron chi connectivity index (χ3n) is 2.23. The summed E-state index contributed by atoms with van der Waals surface area (Å²) in [6.07, 6.45) is 0.817. The van der Waals surface area contributed by atoms with Gasteiger partial charge in [-0.25, -0.2) is 4.39 Å². The zero-order chi connectivity index (χ0) is 13.5. The number of carbonyl (C=O) groups is 1. The molecule has 0 aliphatic rings. The fraction of sp³-hybridized carbons (Fsp3) is 0.417. The minimum Gasteiger partial charge on any atom is -0.355 e. The largest absolute Gasteiger partial charge is 0.355 e. The van der Waals surface area contributed by atoms with E-state index in [1.54, 1.807) is 0 Å². The molecular weight excluding hydrogens is 277 g/mol. The molecule has 0 unspecified atom stereocenters. The van der Waals surface area contributed by atoms with E-state index < -0.39 is 16.6 Å². The summed E-state index contributed by atoms with van der Waals surface area (Å²) in [6.45, 7) is 2.48. The van der Waals surface area contributed by atoms with Crippen molar-refractivity contribution in [2.24, 2.45) is 0 Å². The fourth-order valence-electron chi connectivity index (χ4n) is 1.34. The highest BCUT2D eigenvalue weighted by Gasteiger charge is 2.13. The van der Waals surface area contributed by atoms with Gasteiger partial charge in [0.1, 0.15) is 11.6 Å². The summed E-state index contributed by atoms with van der Waals surface area (Å²) < 4.78 is 25.1. The molecule has 3 nitrogen and oxygen atoms in total. The average Bonchev–Trinajstić information content (AvgIpc) is 2.31. The van der Waals surface area contributed by atoms with Crippen LogP contribution in [-0.4, -0.2) is 22.4 Å². The molecular formula is C12H15ClFNO2S. The Morgan fingerprint density at radius 1 is 1.50 bits per heavy atom. The van der Waals surface area contributed by atoms with Gasteiger partial charge in [-0.2, -0.15) is 0 Å². The van der Waals surface area contributed by atoms with Crippen molar-refractivity contribution in [3.63, 3.8) is 0 Å². The zero-order valence-electron chi connectivity index (χ0n) is 10.0. The van der Waals surface area contributed by atoms with Crippen molar-refractivity contribution in [3.8, 4) is 0 Å². The Bertz CT molecular complexity index is 433. The lowest BCUT2D eigenvalue weighted by Gasteiger charge is -2.06. The molecule has 6 heteroatoms. The van der Waals surface area contributed by atoms with Crippen molar-refractivity contribution in [2.75, 3.05) is 12.3 Å². The Labute approximate surface area is 113 Å². The molecule has 1 rings (SSSR count). The number of rotatable bonds is 6. The van der Waals surface area contributed by atoms with E-state index in [1.807, 2.05) is 6.92 Å². The molecule has 0 aliphatic carbocycles. The van der Waals surface area contributed by atoms with E-state index in [4.69, 9.17) is 11.6 Å². The Balaban J connectivity index is 2.57. The van der Waals surface area contributed by atoms with Crippen LogP contribution in [0.25, 0.3) is 0 Å². The minimum absolute atomic E-state index is 0.0505. The average molecular weight is 292 g/mol. The number of carbonyl (C=O) groups excluding carboxylic acids is 1. The standard InChI is InChI=1S/C12H15ClFNO2S/c1-2-6-15-12(16)8-18(17)7-9-10(13)4-3-5-11(9)14/h3-5H,2,6-8H2,1H3,(H,15,16)/t18-/m1/s1. The van der Waals surface area contributed by atoms with Gasteiger partial charge >= 0.3 is 0 Å². The predicted octanol–water partition coefficient (Wildman–Crippen LogP) is 2.25. The van der Waals surface area contributed by atoms with Gasteiger partial charge in [0.05, 0.1) is 5.75 Å². The lowest BCUT2D eigenvalue weighted by Crippen LogP contribution is -2.29. The number of hydrogen-bond acceptors (Lipinski definition) is 2. The van der Waals surface area contributed by atoms with E-state index in [9.17, 15) is 13.4 Å². The van der Waals surface area contributed by atoms with Crippen LogP contribution in [0.4, 0.5) is 4.39 Å². The minimum atomic E-state index is -1.46.